The number of sulfone groups is 1. The number of nitrogens with two attached hydrogens (primary N) is 1. The van der Waals surface area contributed by atoms with Gasteiger partial charge >= 0.3 is 0 Å². The fraction of sp³-hybridized carbons (Fsp3) is 0.250. The number of aromatic nitrogens is 2. The number of hydrogen-bond donors (Lipinski definition) is 2. The van der Waals surface area contributed by atoms with Gasteiger partial charge in [-0.05, 0) is 17.7 Å². The van der Waals surface area contributed by atoms with Crippen molar-refractivity contribution in [1.82, 2.24) is 15.2 Å². The van der Waals surface area contributed by atoms with E-state index >= 15 is 0 Å². The SMILES string of the molecule is Cn1cc(C(NN)c2ccc(S(C)(=O)=O)cc2)cn1. The Bertz CT molecular complexity index is 661. The van der Waals surface area contributed by atoms with Gasteiger partial charge in [0.1, 0.15) is 0 Å². The largest absolute Gasteiger partial charge is 0.275 e. The highest BCUT2D eigenvalue weighted by atomic mass is 32.2. The van der Waals surface area contributed by atoms with Crippen LogP contribution in [0.1, 0.15) is 17.2 Å². The second-order valence-corrected chi connectivity index (χ2v) is 6.40. The molecule has 0 fully saturated rings. The predicted octanol–water partition coefficient (Wildman–Crippen LogP) is 0.376. The van der Waals surface area contributed by atoms with Crippen molar-refractivity contribution in [2.75, 3.05) is 6.26 Å². The van der Waals surface area contributed by atoms with E-state index in [9.17, 15) is 8.42 Å². The molecule has 0 aliphatic rings. The molecular weight excluding hydrogens is 264 g/mol. The summed E-state index contributed by atoms with van der Waals surface area (Å²) in [6, 6.07) is 6.42. The zero-order valence-corrected chi connectivity index (χ0v) is 11.6. The molecule has 1 aromatic heterocycles. The van der Waals surface area contributed by atoms with Gasteiger partial charge in [-0.2, -0.15) is 5.10 Å². The van der Waals surface area contributed by atoms with Crippen molar-refractivity contribution in [3.05, 3.63) is 47.8 Å². The average molecular weight is 280 g/mol. The molecule has 2 rings (SSSR count). The molecule has 0 aliphatic heterocycles. The summed E-state index contributed by atoms with van der Waals surface area (Å²) >= 11 is 0. The molecule has 1 atom stereocenters. The second-order valence-electron chi connectivity index (χ2n) is 4.39. The van der Waals surface area contributed by atoms with Crippen molar-refractivity contribution < 1.29 is 8.42 Å². The molecule has 0 saturated carbocycles. The van der Waals surface area contributed by atoms with E-state index in [1.807, 2.05) is 13.2 Å². The van der Waals surface area contributed by atoms with Crippen molar-refractivity contribution in [2.24, 2.45) is 12.9 Å². The standard InChI is InChI=1S/C12H16N4O2S/c1-16-8-10(7-14-16)12(15-13)9-3-5-11(6-4-9)19(2,17)18/h3-8,12,15H,13H2,1-2H3. The molecule has 1 aromatic carbocycles. The number of benzene rings is 1. The molecule has 0 spiro atoms. The van der Waals surface area contributed by atoms with Gasteiger partial charge in [0.05, 0.1) is 17.1 Å². The normalized spacial score (nSPS) is 13.4. The number of hydrogen-bond acceptors (Lipinski definition) is 5. The van der Waals surface area contributed by atoms with Crippen LogP contribution < -0.4 is 11.3 Å². The highest BCUT2D eigenvalue weighted by molar-refractivity contribution is 7.90. The molecule has 102 valence electrons. The van der Waals surface area contributed by atoms with Crippen molar-refractivity contribution in [3.63, 3.8) is 0 Å². The molecule has 0 aliphatic carbocycles. The minimum Gasteiger partial charge on any atom is -0.275 e. The number of aryl methyl sites for hydroxylation is 1. The molecule has 1 heterocycles. The quantitative estimate of drug-likeness (QED) is 0.624. The Morgan fingerprint density at radius 2 is 1.89 bits per heavy atom. The summed E-state index contributed by atoms with van der Waals surface area (Å²) < 4.78 is 24.5. The molecule has 6 nitrogen and oxygen atoms in total. The molecule has 0 bridgehead atoms. The van der Waals surface area contributed by atoms with Gasteiger partial charge in [0.15, 0.2) is 9.84 Å². The molecule has 2 aromatic rings. The maximum absolute atomic E-state index is 11.4. The van der Waals surface area contributed by atoms with Gasteiger partial charge in [0.2, 0.25) is 0 Å². The van der Waals surface area contributed by atoms with E-state index in [4.69, 9.17) is 5.84 Å². The lowest BCUT2D eigenvalue weighted by Crippen LogP contribution is -2.28. The van der Waals surface area contributed by atoms with Crippen LogP contribution in [0.3, 0.4) is 0 Å². The summed E-state index contributed by atoms with van der Waals surface area (Å²) in [5.41, 5.74) is 4.50. The Hall–Kier alpha value is -1.70. The third-order valence-corrected chi connectivity index (χ3v) is 3.99. The van der Waals surface area contributed by atoms with Crippen molar-refractivity contribution in [2.45, 2.75) is 10.9 Å². The fourth-order valence-electron chi connectivity index (χ4n) is 1.88. The molecule has 0 saturated heterocycles. The minimum absolute atomic E-state index is 0.220. The summed E-state index contributed by atoms with van der Waals surface area (Å²) in [5, 5.41) is 4.09. The first kappa shape index (κ1) is 13.7. The zero-order valence-electron chi connectivity index (χ0n) is 10.7. The minimum atomic E-state index is -3.18. The van der Waals surface area contributed by atoms with Gasteiger partial charge in [0, 0.05) is 25.1 Å². The van der Waals surface area contributed by atoms with E-state index in [2.05, 4.69) is 10.5 Å². The monoisotopic (exact) mass is 280 g/mol. The first-order chi connectivity index (χ1) is 8.91. The summed E-state index contributed by atoms with van der Waals surface area (Å²) in [7, 11) is -1.36. The van der Waals surface area contributed by atoms with E-state index in [0.717, 1.165) is 11.1 Å². The van der Waals surface area contributed by atoms with E-state index in [1.165, 1.54) is 6.26 Å². The Kier molecular flexibility index (Phi) is 3.70. The van der Waals surface area contributed by atoms with Gasteiger partial charge in [-0.1, -0.05) is 12.1 Å². The van der Waals surface area contributed by atoms with Gasteiger partial charge in [-0.25, -0.2) is 13.8 Å². The molecule has 3 N–H and O–H groups in total. The van der Waals surface area contributed by atoms with Crippen LogP contribution in [0.15, 0.2) is 41.6 Å². The maximum Gasteiger partial charge on any atom is 0.175 e. The third-order valence-electron chi connectivity index (χ3n) is 2.87. The summed E-state index contributed by atoms with van der Waals surface area (Å²) in [5.74, 6) is 5.56. The predicted molar refractivity (Wildman–Crippen MR) is 71.9 cm³/mol. The maximum atomic E-state index is 11.4. The van der Waals surface area contributed by atoms with Gasteiger partial charge < -0.3 is 0 Å². The zero-order chi connectivity index (χ0) is 14.0. The van der Waals surface area contributed by atoms with Crippen LogP contribution >= 0.6 is 0 Å². The van der Waals surface area contributed by atoms with Crippen LogP contribution in [0.4, 0.5) is 0 Å². The number of nitrogens with one attached hydrogen (secondary N) is 1. The Labute approximate surface area is 112 Å². The van der Waals surface area contributed by atoms with Crippen LogP contribution in [0.2, 0.25) is 0 Å². The lowest BCUT2D eigenvalue weighted by atomic mass is 10.0. The van der Waals surface area contributed by atoms with E-state index in [1.54, 1.807) is 35.1 Å². The van der Waals surface area contributed by atoms with Crippen LogP contribution in [0, 0.1) is 0 Å². The topological polar surface area (TPSA) is 90.0 Å². The summed E-state index contributed by atoms with van der Waals surface area (Å²) in [6.07, 6.45) is 4.76. The fourth-order valence-corrected chi connectivity index (χ4v) is 2.51. The Balaban J connectivity index is 2.35. The average Bonchev–Trinajstić information content (AvgIpc) is 2.76. The molecule has 19 heavy (non-hydrogen) atoms. The number of nitrogens with zero attached hydrogens (tertiary/aromatic N) is 2. The van der Waals surface area contributed by atoms with Gasteiger partial charge in [-0.3, -0.25) is 10.5 Å². The first-order valence-corrected chi connectivity index (χ1v) is 7.55. The molecule has 0 radical (unpaired) electrons. The van der Waals surface area contributed by atoms with Crippen molar-refractivity contribution >= 4 is 9.84 Å². The molecule has 7 heteroatoms. The molecular formula is C12H16N4O2S. The summed E-state index contributed by atoms with van der Waals surface area (Å²) in [6.45, 7) is 0. The van der Waals surface area contributed by atoms with E-state index in [-0.39, 0.29) is 6.04 Å². The third kappa shape index (κ3) is 3.01. The number of rotatable bonds is 4. The van der Waals surface area contributed by atoms with E-state index < -0.39 is 9.84 Å². The highest BCUT2D eigenvalue weighted by Crippen LogP contribution is 2.22. The number of hydrazine groups is 1. The van der Waals surface area contributed by atoms with Gasteiger partial charge in [-0.15, -0.1) is 0 Å². The Morgan fingerprint density at radius 1 is 1.26 bits per heavy atom. The second kappa shape index (κ2) is 5.12. The highest BCUT2D eigenvalue weighted by Gasteiger charge is 2.15. The van der Waals surface area contributed by atoms with E-state index in [0.29, 0.717) is 4.90 Å². The van der Waals surface area contributed by atoms with Gasteiger partial charge in [0.25, 0.3) is 0 Å². The lowest BCUT2D eigenvalue weighted by Gasteiger charge is -2.14. The Morgan fingerprint density at radius 3 is 2.32 bits per heavy atom. The van der Waals surface area contributed by atoms with Crippen molar-refractivity contribution in [3.8, 4) is 0 Å². The smallest absolute Gasteiger partial charge is 0.175 e. The molecule has 0 amide bonds. The lowest BCUT2D eigenvalue weighted by molar-refractivity contribution is 0.601. The van der Waals surface area contributed by atoms with Crippen molar-refractivity contribution in [1.29, 1.82) is 0 Å². The first-order valence-electron chi connectivity index (χ1n) is 5.66. The van der Waals surface area contributed by atoms with Crippen LogP contribution in [0.25, 0.3) is 0 Å². The molecule has 1 unspecified atom stereocenters. The van der Waals surface area contributed by atoms with Crippen LogP contribution in [-0.4, -0.2) is 24.5 Å². The summed E-state index contributed by atoms with van der Waals surface area (Å²) in [4.78, 5) is 0.290. The van der Waals surface area contributed by atoms with Crippen LogP contribution in [0.5, 0.6) is 0 Å². The van der Waals surface area contributed by atoms with Crippen LogP contribution in [-0.2, 0) is 16.9 Å².